The zero-order chi connectivity index (χ0) is 25.1. The van der Waals surface area contributed by atoms with Crippen molar-refractivity contribution >= 4 is 29.0 Å². The number of halogens is 1. The molecule has 0 radical (unpaired) electrons. The number of nitrogens with one attached hydrogen (secondary N) is 3. The molecule has 1 aromatic heterocycles. The van der Waals surface area contributed by atoms with Crippen LogP contribution >= 0.6 is 12.2 Å². The fourth-order valence-electron chi connectivity index (χ4n) is 4.36. The summed E-state index contributed by atoms with van der Waals surface area (Å²) < 4.78 is 36.3. The van der Waals surface area contributed by atoms with Crippen LogP contribution in [0.25, 0.3) is 11.3 Å². The molecule has 9 nitrogen and oxygen atoms in total. The van der Waals surface area contributed by atoms with Crippen molar-refractivity contribution in [1.82, 2.24) is 15.3 Å². The zero-order valence-corrected chi connectivity index (χ0v) is 20.5. The van der Waals surface area contributed by atoms with Gasteiger partial charge in [-0.15, -0.1) is 0 Å². The molecule has 3 N–H and O–H groups in total. The minimum absolute atomic E-state index is 0.131. The summed E-state index contributed by atoms with van der Waals surface area (Å²) in [6.45, 7) is 0.856. The largest absolute Gasteiger partial charge is 0.497 e. The molecule has 0 spiro atoms. The number of ether oxygens (including phenoxy) is 4. The molecule has 0 amide bonds. The molecule has 4 unspecified atom stereocenters. The third-order valence-corrected chi connectivity index (χ3v) is 6.29. The van der Waals surface area contributed by atoms with E-state index < -0.39 is 0 Å². The van der Waals surface area contributed by atoms with Crippen LogP contribution in [0.1, 0.15) is 0 Å². The first-order valence-corrected chi connectivity index (χ1v) is 11.8. The lowest BCUT2D eigenvalue weighted by atomic mass is 10.1. The van der Waals surface area contributed by atoms with Gasteiger partial charge in [0.05, 0.1) is 45.2 Å². The van der Waals surface area contributed by atoms with Crippen LogP contribution in [0.4, 0.5) is 16.0 Å². The Hall–Kier alpha value is -3.54. The summed E-state index contributed by atoms with van der Waals surface area (Å²) in [6.07, 6.45) is 1.23. The van der Waals surface area contributed by atoms with Crippen LogP contribution in [0.5, 0.6) is 11.5 Å². The Morgan fingerprint density at radius 1 is 1.00 bits per heavy atom. The first-order chi connectivity index (χ1) is 17.5. The molecule has 188 valence electrons. The van der Waals surface area contributed by atoms with Gasteiger partial charge in [-0.1, -0.05) is 12.1 Å². The summed E-state index contributed by atoms with van der Waals surface area (Å²) in [4.78, 5) is 8.85. The van der Waals surface area contributed by atoms with Gasteiger partial charge in [0.15, 0.2) is 5.11 Å². The van der Waals surface area contributed by atoms with E-state index in [9.17, 15) is 4.39 Å². The van der Waals surface area contributed by atoms with E-state index in [1.807, 2.05) is 12.1 Å². The molecule has 5 rings (SSSR count). The second-order valence-electron chi connectivity index (χ2n) is 8.43. The van der Waals surface area contributed by atoms with Gasteiger partial charge in [-0.3, -0.25) is 0 Å². The molecule has 2 aromatic carbocycles. The Labute approximate surface area is 213 Å². The van der Waals surface area contributed by atoms with Crippen molar-refractivity contribution in [2.45, 2.75) is 24.3 Å². The van der Waals surface area contributed by atoms with E-state index in [0.29, 0.717) is 47.0 Å². The first-order valence-electron chi connectivity index (χ1n) is 11.4. The molecule has 2 saturated heterocycles. The average Bonchev–Trinajstić information content (AvgIpc) is 3.47. The number of anilines is 2. The summed E-state index contributed by atoms with van der Waals surface area (Å²) in [6, 6.07) is 13.2. The van der Waals surface area contributed by atoms with E-state index in [2.05, 4.69) is 25.9 Å². The lowest BCUT2D eigenvalue weighted by Gasteiger charge is -2.20. The minimum atomic E-state index is -0.316. The fourth-order valence-corrected chi connectivity index (χ4v) is 4.63. The maximum absolute atomic E-state index is 13.6. The van der Waals surface area contributed by atoms with Gasteiger partial charge in [-0.25, -0.2) is 14.4 Å². The summed E-state index contributed by atoms with van der Waals surface area (Å²) >= 11 is 5.52. The fraction of sp³-hybridized carbons (Fsp3) is 0.320. The number of aromatic nitrogens is 2. The number of fused-ring (bicyclic) bond motifs is 1. The van der Waals surface area contributed by atoms with E-state index in [1.165, 1.54) is 12.1 Å². The molecule has 2 aliphatic rings. The minimum Gasteiger partial charge on any atom is -0.497 e. The summed E-state index contributed by atoms with van der Waals surface area (Å²) in [7, 11) is 3.19. The van der Waals surface area contributed by atoms with E-state index in [4.69, 9.17) is 31.2 Å². The van der Waals surface area contributed by atoms with Crippen molar-refractivity contribution in [1.29, 1.82) is 0 Å². The van der Waals surface area contributed by atoms with Crippen LogP contribution in [-0.4, -0.2) is 66.8 Å². The molecular weight excluding hydrogens is 485 g/mol. The number of nitrogens with zero attached hydrogens (tertiary/aromatic N) is 2. The number of benzene rings is 2. The number of thiocarbonyl (C=S) groups is 1. The highest BCUT2D eigenvalue weighted by Gasteiger charge is 2.48. The van der Waals surface area contributed by atoms with Gasteiger partial charge in [-0.05, 0) is 30.4 Å². The molecule has 36 heavy (non-hydrogen) atoms. The van der Waals surface area contributed by atoms with Gasteiger partial charge in [0.2, 0.25) is 5.95 Å². The van der Waals surface area contributed by atoms with Crippen LogP contribution in [0.2, 0.25) is 0 Å². The monoisotopic (exact) mass is 511 g/mol. The summed E-state index contributed by atoms with van der Waals surface area (Å²) in [5.41, 5.74) is 2.04. The van der Waals surface area contributed by atoms with Crippen LogP contribution < -0.4 is 25.4 Å². The van der Waals surface area contributed by atoms with Crippen molar-refractivity contribution in [3.8, 4) is 22.8 Å². The van der Waals surface area contributed by atoms with E-state index in [-0.39, 0.29) is 30.1 Å². The molecule has 3 heterocycles. The number of hydrogen-bond donors (Lipinski definition) is 3. The zero-order valence-electron chi connectivity index (χ0n) is 19.7. The smallest absolute Gasteiger partial charge is 0.223 e. The van der Waals surface area contributed by atoms with Crippen molar-refractivity contribution in [2.75, 3.05) is 38.1 Å². The molecular formula is C25H26FN5O4S. The molecule has 4 atom stereocenters. The Kier molecular flexibility index (Phi) is 7.12. The Morgan fingerprint density at radius 2 is 1.72 bits per heavy atom. The Balaban J connectivity index is 1.20. The van der Waals surface area contributed by atoms with Crippen molar-refractivity contribution in [2.24, 2.45) is 0 Å². The second kappa shape index (κ2) is 10.6. The number of rotatable bonds is 7. The van der Waals surface area contributed by atoms with Crippen LogP contribution in [0.15, 0.2) is 54.7 Å². The van der Waals surface area contributed by atoms with Gasteiger partial charge in [-0.2, -0.15) is 0 Å². The number of hydrogen-bond acceptors (Lipinski definition) is 8. The first kappa shape index (κ1) is 24.2. The highest BCUT2D eigenvalue weighted by molar-refractivity contribution is 7.80. The van der Waals surface area contributed by atoms with Gasteiger partial charge < -0.3 is 34.9 Å². The molecule has 3 aromatic rings. The van der Waals surface area contributed by atoms with E-state index >= 15 is 0 Å². The van der Waals surface area contributed by atoms with Crippen molar-refractivity contribution in [3.05, 3.63) is 60.5 Å². The van der Waals surface area contributed by atoms with E-state index in [1.54, 1.807) is 44.7 Å². The Bertz CT molecular complexity index is 1230. The second-order valence-corrected chi connectivity index (χ2v) is 8.84. The lowest BCUT2D eigenvalue weighted by molar-refractivity contribution is 0.0689. The SMILES string of the molecule is COc1cc(NC(=S)NC2COC3C(Nc4nccc(-c5cccc(F)c5)n4)COC23)cc(OC)c1. The quantitative estimate of drug-likeness (QED) is 0.410. The molecule has 11 heteroatoms. The predicted molar refractivity (Wildman–Crippen MR) is 137 cm³/mol. The maximum atomic E-state index is 13.6. The standard InChI is InChI=1S/C25H26FN5O4S/c1-32-17-9-16(10-18(11-17)33-2)28-25(36)31-21-13-35-22-20(12-34-23(21)22)30-24-27-7-6-19(29-24)14-4-3-5-15(26)8-14/h3-11,20-23H,12-13H2,1-2H3,(H,27,29,30)(H2,28,31,36). The molecule has 0 saturated carbocycles. The normalized spacial score (nSPS) is 22.5. The van der Waals surface area contributed by atoms with Gasteiger partial charge >= 0.3 is 0 Å². The van der Waals surface area contributed by atoms with Crippen molar-refractivity contribution < 1.29 is 23.3 Å². The third kappa shape index (κ3) is 5.32. The molecule has 2 fully saturated rings. The van der Waals surface area contributed by atoms with Gasteiger partial charge in [0.25, 0.3) is 0 Å². The highest BCUT2D eigenvalue weighted by atomic mass is 32.1. The van der Waals surface area contributed by atoms with Crippen LogP contribution in [0, 0.1) is 5.82 Å². The van der Waals surface area contributed by atoms with Crippen LogP contribution in [-0.2, 0) is 9.47 Å². The average molecular weight is 512 g/mol. The van der Waals surface area contributed by atoms with Crippen LogP contribution in [0.3, 0.4) is 0 Å². The van der Waals surface area contributed by atoms with Gasteiger partial charge in [0, 0.05) is 35.6 Å². The Morgan fingerprint density at radius 3 is 2.44 bits per heavy atom. The molecule has 2 aliphatic heterocycles. The molecule has 0 aliphatic carbocycles. The molecule has 0 bridgehead atoms. The maximum Gasteiger partial charge on any atom is 0.223 e. The van der Waals surface area contributed by atoms with Gasteiger partial charge in [0.1, 0.15) is 29.5 Å². The van der Waals surface area contributed by atoms with Crippen molar-refractivity contribution in [3.63, 3.8) is 0 Å². The number of methoxy groups -OCH3 is 2. The summed E-state index contributed by atoms with van der Waals surface area (Å²) in [5.74, 6) is 1.42. The highest BCUT2D eigenvalue weighted by Crippen LogP contribution is 2.30. The third-order valence-electron chi connectivity index (χ3n) is 6.07. The topological polar surface area (TPSA) is 98.8 Å². The summed E-state index contributed by atoms with van der Waals surface area (Å²) in [5, 5.41) is 10.2. The van der Waals surface area contributed by atoms with E-state index in [0.717, 1.165) is 5.69 Å². The lowest BCUT2D eigenvalue weighted by Crippen LogP contribution is -2.46. The predicted octanol–water partition coefficient (Wildman–Crippen LogP) is 3.23.